The molecule has 1 aromatic rings. The summed E-state index contributed by atoms with van der Waals surface area (Å²) in [5.74, 6) is 0. The van der Waals surface area contributed by atoms with Gasteiger partial charge < -0.3 is 10.8 Å². The third-order valence-electron chi connectivity index (χ3n) is 1.54. The Morgan fingerprint density at radius 3 is 2.54 bits per heavy atom. The van der Waals surface area contributed by atoms with Crippen molar-refractivity contribution in [2.24, 2.45) is 5.73 Å². The van der Waals surface area contributed by atoms with Gasteiger partial charge >= 0.3 is 0 Å². The summed E-state index contributed by atoms with van der Waals surface area (Å²) in [6.07, 6.45) is -0.740. The average molecular weight is 243 g/mol. The first-order valence-electron chi connectivity index (χ1n) is 3.48. The van der Waals surface area contributed by atoms with Crippen molar-refractivity contribution in [2.45, 2.75) is 6.10 Å². The minimum Gasteiger partial charge on any atom is -0.387 e. The van der Waals surface area contributed by atoms with Gasteiger partial charge in [-0.15, -0.1) is 12.4 Å². The summed E-state index contributed by atoms with van der Waals surface area (Å²) in [4.78, 5) is 0. The van der Waals surface area contributed by atoms with Crippen LogP contribution in [0.25, 0.3) is 0 Å². The number of nitrogens with two attached hydrogens (primary N) is 1. The quantitative estimate of drug-likeness (QED) is 0.837. The van der Waals surface area contributed by atoms with Crippen molar-refractivity contribution in [3.63, 3.8) is 0 Å². The van der Waals surface area contributed by atoms with Crippen molar-refractivity contribution in [1.82, 2.24) is 0 Å². The van der Waals surface area contributed by atoms with Crippen molar-refractivity contribution in [1.29, 1.82) is 0 Å². The van der Waals surface area contributed by atoms with Crippen molar-refractivity contribution in [2.75, 3.05) is 6.54 Å². The van der Waals surface area contributed by atoms with Crippen LogP contribution in [0.3, 0.4) is 0 Å². The lowest BCUT2D eigenvalue weighted by molar-refractivity contribution is 0.187. The fraction of sp³-hybridized carbons (Fsp3) is 0.250. The van der Waals surface area contributed by atoms with Crippen molar-refractivity contribution >= 4 is 35.6 Å². The van der Waals surface area contributed by atoms with E-state index in [1.807, 2.05) is 0 Å². The summed E-state index contributed by atoms with van der Waals surface area (Å²) in [7, 11) is 0. The minimum absolute atomic E-state index is 0. The Morgan fingerprint density at radius 1 is 1.38 bits per heavy atom. The molecule has 0 aromatic heterocycles. The molecule has 2 nitrogen and oxygen atoms in total. The van der Waals surface area contributed by atoms with Crippen LogP contribution >= 0.6 is 35.6 Å². The monoisotopic (exact) mass is 241 g/mol. The Balaban J connectivity index is 0.00000144. The topological polar surface area (TPSA) is 46.2 Å². The second kappa shape index (κ2) is 5.68. The molecule has 74 valence electrons. The van der Waals surface area contributed by atoms with Crippen LogP contribution in [0, 0.1) is 0 Å². The number of rotatable bonds is 2. The maximum absolute atomic E-state index is 9.37. The van der Waals surface area contributed by atoms with Crippen LogP contribution in [0.2, 0.25) is 10.0 Å². The van der Waals surface area contributed by atoms with E-state index in [4.69, 9.17) is 28.9 Å². The minimum atomic E-state index is -0.740. The van der Waals surface area contributed by atoms with Gasteiger partial charge in [-0.25, -0.2) is 0 Å². The fourth-order valence-corrected chi connectivity index (χ4v) is 1.32. The highest BCUT2D eigenvalue weighted by molar-refractivity contribution is 6.33. The van der Waals surface area contributed by atoms with Gasteiger partial charge in [0.25, 0.3) is 0 Å². The third kappa shape index (κ3) is 3.33. The lowest BCUT2D eigenvalue weighted by Gasteiger charge is -2.09. The highest BCUT2D eigenvalue weighted by Crippen LogP contribution is 2.25. The molecular weight excluding hydrogens is 232 g/mol. The van der Waals surface area contributed by atoms with Crippen LogP contribution in [0.1, 0.15) is 11.7 Å². The zero-order valence-corrected chi connectivity index (χ0v) is 9.03. The Kier molecular flexibility index (Phi) is 5.68. The van der Waals surface area contributed by atoms with Crippen molar-refractivity contribution in [3.8, 4) is 0 Å². The van der Waals surface area contributed by atoms with E-state index in [1.165, 1.54) is 0 Å². The first-order valence-corrected chi connectivity index (χ1v) is 4.24. The number of hydrogen-bond acceptors (Lipinski definition) is 2. The van der Waals surface area contributed by atoms with Gasteiger partial charge in [0.15, 0.2) is 0 Å². The van der Waals surface area contributed by atoms with Crippen molar-refractivity contribution < 1.29 is 5.11 Å². The molecule has 0 amide bonds. The number of aliphatic hydroxyl groups excluding tert-OH is 1. The number of hydrogen-bond donors (Lipinski definition) is 2. The van der Waals surface area contributed by atoms with Gasteiger partial charge in [-0.3, -0.25) is 0 Å². The molecule has 0 aliphatic rings. The number of aliphatic hydroxyl groups is 1. The molecule has 0 bridgehead atoms. The highest BCUT2D eigenvalue weighted by Gasteiger charge is 2.09. The second-order valence-electron chi connectivity index (χ2n) is 2.42. The molecule has 0 saturated heterocycles. The molecule has 3 N–H and O–H groups in total. The fourth-order valence-electron chi connectivity index (χ4n) is 0.897. The Labute approximate surface area is 93.1 Å². The molecule has 0 spiro atoms. The smallest absolute Gasteiger partial charge is 0.0927 e. The van der Waals surface area contributed by atoms with Gasteiger partial charge in [0.2, 0.25) is 0 Å². The maximum Gasteiger partial charge on any atom is 0.0927 e. The summed E-state index contributed by atoms with van der Waals surface area (Å²) in [5, 5.41) is 10.4. The van der Waals surface area contributed by atoms with Crippen molar-refractivity contribution in [3.05, 3.63) is 33.8 Å². The van der Waals surface area contributed by atoms with Crippen LogP contribution in [0.15, 0.2) is 18.2 Å². The van der Waals surface area contributed by atoms with E-state index in [1.54, 1.807) is 18.2 Å². The summed E-state index contributed by atoms with van der Waals surface area (Å²) in [6, 6.07) is 4.91. The molecule has 0 fully saturated rings. The Morgan fingerprint density at radius 2 is 2.00 bits per heavy atom. The third-order valence-corrected chi connectivity index (χ3v) is 2.12. The van der Waals surface area contributed by atoms with Gasteiger partial charge in [-0.1, -0.05) is 23.2 Å². The predicted molar refractivity (Wildman–Crippen MR) is 57.7 cm³/mol. The second-order valence-corrected chi connectivity index (χ2v) is 3.26. The molecular formula is C8H10Cl3NO. The largest absolute Gasteiger partial charge is 0.387 e. The maximum atomic E-state index is 9.37. The van der Waals surface area contributed by atoms with Gasteiger partial charge in [-0.05, 0) is 18.2 Å². The summed E-state index contributed by atoms with van der Waals surface area (Å²) in [6.45, 7) is 0.139. The van der Waals surface area contributed by atoms with Gasteiger partial charge in [0.1, 0.15) is 0 Å². The zero-order valence-electron chi connectivity index (χ0n) is 6.71. The normalized spacial score (nSPS) is 12.0. The van der Waals surface area contributed by atoms with E-state index >= 15 is 0 Å². The molecule has 0 saturated carbocycles. The molecule has 0 heterocycles. The average Bonchev–Trinajstić information content (AvgIpc) is 2.08. The van der Waals surface area contributed by atoms with Crippen LogP contribution in [-0.4, -0.2) is 11.7 Å². The van der Waals surface area contributed by atoms with Gasteiger partial charge in [0, 0.05) is 22.2 Å². The lowest BCUT2D eigenvalue weighted by atomic mass is 10.1. The predicted octanol–water partition coefficient (Wildman–Crippen LogP) is 2.41. The van der Waals surface area contributed by atoms with E-state index in [0.717, 1.165) is 0 Å². The molecule has 13 heavy (non-hydrogen) atoms. The van der Waals surface area contributed by atoms with E-state index in [9.17, 15) is 5.11 Å². The highest BCUT2D eigenvalue weighted by atomic mass is 35.5. The van der Waals surface area contributed by atoms with E-state index in [-0.39, 0.29) is 19.0 Å². The van der Waals surface area contributed by atoms with Gasteiger partial charge in [-0.2, -0.15) is 0 Å². The molecule has 0 radical (unpaired) electrons. The van der Waals surface area contributed by atoms with E-state index in [0.29, 0.717) is 15.6 Å². The number of halogens is 3. The van der Waals surface area contributed by atoms with Crippen LogP contribution in [0.5, 0.6) is 0 Å². The first-order chi connectivity index (χ1) is 5.65. The zero-order chi connectivity index (χ0) is 9.14. The number of benzene rings is 1. The summed E-state index contributed by atoms with van der Waals surface area (Å²) in [5.41, 5.74) is 5.85. The Bertz CT molecular complexity index is 280. The van der Waals surface area contributed by atoms with Crippen LogP contribution < -0.4 is 5.73 Å². The van der Waals surface area contributed by atoms with Gasteiger partial charge in [0.05, 0.1) is 6.10 Å². The van der Waals surface area contributed by atoms with Crippen LogP contribution in [0.4, 0.5) is 0 Å². The summed E-state index contributed by atoms with van der Waals surface area (Å²) < 4.78 is 0. The summed E-state index contributed by atoms with van der Waals surface area (Å²) >= 11 is 11.5. The molecule has 1 unspecified atom stereocenters. The van der Waals surface area contributed by atoms with E-state index < -0.39 is 6.10 Å². The SMILES string of the molecule is Cl.NCC(O)c1cc(Cl)ccc1Cl. The Hall–Kier alpha value is 0.01000. The molecule has 0 aliphatic carbocycles. The van der Waals surface area contributed by atoms with Crippen LogP contribution in [-0.2, 0) is 0 Å². The molecule has 1 atom stereocenters. The molecule has 0 aliphatic heterocycles. The first kappa shape index (κ1) is 13.0. The molecule has 1 rings (SSSR count). The standard InChI is InChI=1S/C8H9Cl2NO.ClH/c9-5-1-2-7(10)6(3-5)8(12)4-11;/h1-3,8,12H,4,11H2;1H. The lowest BCUT2D eigenvalue weighted by Crippen LogP contribution is -2.11. The van der Waals surface area contributed by atoms with E-state index in [2.05, 4.69) is 0 Å². The molecule has 1 aromatic carbocycles. The molecule has 5 heteroatoms.